The second-order valence-electron chi connectivity index (χ2n) is 3.68. The number of rotatable bonds is 2. The normalized spacial score (nSPS) is 10.4. The van der Waals surface area contributed by atoms with Crippen LogP contribution in [0.4, 0.5) is 4.39 Å². The third-order valence-corrected chi connectivity index (χ3v) is 2.42. The fourth-order valence-electron chi connectivity index (χ4n) is 1.53. The number of carbonyl (C=O) groups is 1. The molecule has 0 bridgehead atoms. The molecule has 0 amide bonds. The minimum atomic E-state index is -0.318. The Labute approximate surface area is 92.7 Å². The van der Waals surface area contributed by atoms with Crippen molar-refractivity contribution >= 4 is 5.78 Å². The van der Waals surface area contributed by atoms with Crippen LogP contribution in [0.25, 0.3) is 11.3 Å². The van der Waals surface area contributed by atoms with E-state index in [1.807, 2.05) is 6.92 Å². The fourth-order valence-corrected chi connectivity index (χ4v) is 1.53. The molecular weight excluding hydrogens is 207 g/mol. The summed E-state index contributed by atoms with van der Waals surface area (Å²) in [5.74, 6) is 0.350. The van der Waals surface area contributed by atoms with Crippen molar-refractivity contribution < 1.29 is 13.6 Å². The first-order chi connectivity index (χ1) is 7.58. The van der Waals surface area contributed by atoms with E-state index in [2.05, 4.69) is 0 Å². The molecular formula is C13H11FO2. The number of ketones is 1. The second-order valence-corrected chi connectivity index (χ2v) is 3.68. The maximum absolute atomic E-state index is 13.1. The van der Waals surface area contributed by atoms with E-state index in [4.69, 9.17) is 4.42 Å². The Bertz CT molecular complexity index is 541. The number of hydrogen-bond donors (Lipinski definition) is 0. The summed E-state index contributed by atoms with van der Waals surface area (Å²) in [6.07, 6.45) is 0. The van der Waals surface area contributed by atoms with Gasteiger partial charge in [-0.15, -0.1) is 0 Å². The van der Waals surface area contributed by atoms with Crippen molar-refractivity contribution in [3.8, 4) is 11.3 Å². The largest absolute Gasteiger partial charge is 0.453 e. The van der Waals surface area contributed by atoms with Crippen LogP contribution in [-0.2, 0) is 0 Å². The fraction of sp³-hybridized carbons (Fsp3) is 0.154. The van der Waals surface area contributed by atoms with Gasteiger partial charge in [0.2, 0.25) is 0 Å². The van der Waals surface area contributed by atoms with Crippen molar-refractivity contribution in [2.45, 2.75) is 13.8 Å². The van der Waals surface area contributed by atoms with E-state index in [1.54, 1.807) is 18.2 Å². The van der Waals surface area contributed by atoms with E-state index in [1.165, 1.54) is 19.1 Å². The summed E-state index contributed by atoms with van der Waals surface area (Å²) in [6.45, 7) is 3.30. The van der Waals surface area contributed by atoms with Crippen molar-refractivity contribution in [2.75, 3.05) is 0 Å². The third-order valence-electron chi connectivity index (χ3n) is 2.42. The summed E-state index contributed by atoms with van der Waals surface area (Å²) in [6, 6.07) is 7.76. The number of benzene rings is 1. The molecule has 0 spiro atoms. The first-order valence-corrected chi connectivity index (χ1v) is 4.95. The molecule has 0 fully saturated rings. The van der Waals surface area contributed by atoms with Crippen molar-refractivity contribution in [1.29, 1.82) is 0 Å². The van der Waals surface area contributed by atoms with E-state index >= 15 is 0 Å². The Morgan fingerprint density at radius 2 is 2.00 bits per heavy atom. The van der Waals surface area contributed by atoms with Gasteiger partial charge in [-0.25, -0.2) is 4.39 Å². The third kappa shape index (κ3) is 1.89. The van der Waals surface area contributed by atoms with Crippen LogP contribution in [0.3, 0.4) is 0 Å². The Hall–Kier alpha value is -1.90. The molecule has 1 aromatic carbocycles. The lowest BCUT2D eigenvalue weighted by Crippen LogP contribution is -1.87. The topological polar surface area (TPSA) is 30.2 Å². The average molecular weight is 218 g/mol. The van der Waals surface area contributed by atoms with Gasteiger partial charge in [-0.3, -0.25) is 4.79 Å². The zero-order valence-electron chi connectivity index (χ0n) is 9.08. The highest BCUT2D eigenvalue weighted by atomic mass is 19.1. The highest BCUT2D eigenvalue weighted by Crippen LogP contribution is 2.26. The molecule has 1 heterocycles. The van der Waals surface area contributed by atoms with Crippen molar-refractivity contribution in [2.24, 2.45) is 0 Å². The van der Waals surface area contributed by atoms with E-state index in [0.717, 1.165) is 5.56 Å². The summed E-state index contributed by atoms with van der Waals surface area (Å²) in [5, 5.41) is 0. The molecule has 2 aromatic rings. The number of furan rings is 1. The molecule has 0 atom stereocenters. The van der Waals surface area contributed by atoms with Crippen molar-refractivity contribution in [3.63, 3.8) is 0 Å². The molecule has 0 aliphatic heterocycles. The molecule has 0 saturated heterocycles. The zero-order valence-corrected chi connectivity index (χ0v) is 9.08. The molecule has 1 aromatic heterocycles. The maximum atomic E-state index is 13.1. The van der Waals surface area contributed by atoms with Gasteiger partial charge in [-0.05, 0) is 36.8 Å². The molecule has 0 aliphatic carbocycles. The molecule has 82 valence electrons. The zero-order chi connectivity index (χ0) is 11.7. The monoisotopic (exact) mass is 218 g/mol. The number of halogens is 1. The van der Waals surface area contributed by atoms with Crippen LogP contribution in [0, 0.1) is 12.7 Å². The van der Waals surface area contributed by atoms with E-state index in [-0.39, 0.29) is 11.6 Å². The van der Waals surface area contributed by atoms with Gasteiger partial charge in [0.25, 0.3) is 0 Å². The molecule has 2 nitrogen and oxygen atoms in total. The number of Topliss-reactive ketones (excluding diaryl/α,β-unsaturated/α-hetero) is 1. The SMILES string of the molecule is CC(=O)c1ccc(-c2cc(F)ccc2C)o1. The molecule has 0 saturated carbocycles. The minimum absolute atomic E-state index is 0.139. The highest BCUT2D eigenvalue weighted by molar-refractivity contribution is 5.91. The van der Waals surface area contributed by atoms with Crippen LogP contribution in [0.1, 0.15) is 23.0 Å². The molecule has 3 heteroatoms. The Balaban J connectivity index is 2.50. The van der Waals surface area contributed by atoms with Gasteiger partial charge >= 0.3 is 0 Å². The Kier molecular flexibility index (Phi) is 2.60. The molecule has 2 rings (SSSR count). The number of hydrogen-bond acceptors (Lipinski definition) is 2. The lowest BCUT2D eigenvalue weighted by Gasteiger charge is -2.02. The van der Waals surface area contributed by atoms with Crippen molar-refractivity contribution in [3.05, 3.63) is 47.5 Å². The summed E-state index contributed by atoms with van der Waals surface area (Å²) in [5.41, 5.74) is 1.58. The second kappa shape index (κ2) is 3.93. The van der Waals surface area contributed by atoms with Crippen LogP contribution in [-0.4, -0.2) is 5.78 Å². The van der Waals surface area contributed by atoms with Gasteiger partial charge in [0.15, 0.2) is 11.5 Å². The lowest BCUT2D eigenvalue weighted by molar-refractivity contribution is 0.0988. The minimum Gasteiger partial charge on any atom is -0.453 e. The van der Waals surface area contributed by atoms with Crippen LogP contribution in [0.5, 0.6) is 0 Å². The van der Waals surface area contributed by atoms with Crippen LogP contribution in [0.15, 0.2) is 34.7 Å². The van der Waals surface area contributed by atoms with Crippen molar-refractivity contribution in [1.82, 2.24) is 0 Å². The molecule has 0 unspecified atom stereocenters. The number of carbonyl (C=O) groups excluding carboxylic acids is 1. The van der Waals surface area contributed by atoms with Crippen LogP contribution >= 0.6 is 0 Å². The van der Waals surface area contributed by atoms with Crippen LogP contribution < -0.4 is 0 Å². The van der Waals surface area contributed by atoms with Crippen LogP contribution in [0.2, 0.25) is 0 Å². The highest BCUT2D eigenvalue weighted by Gasteiger charge is 2.10. The van der Waals surface area contributed by atoms with Gasteiger partial charge in [0, 0.05) is 12.5 Å². The molecule has 0 aliphatic rings. The van der Waals surface area contributed by atoms with Gasteiger partial charge in [0.05, 0.1) is 0 Å². The van der Waals surface area contributed by atoms with Gasteiger partial charge in [-0.2, -0.15) is 0 Å². The van der Waals surface area contributed by atoms with Gasteiger partial charge < -0.3 is 4.42 Å². The Morgan fingerprint density at radius 1 is 1.25 bits per heavy atom. The summed E-state index contributed by atoms with van der Waals surface area (Å²) < 4.78 is 18.4. The summed E-state index contributed by atoms with van der Waals surface area (Å²) in [7, 11) is 0. The first kappa shape index (κ1) is 10.6. The standard InChI is InChI=1S/C13H11FO2/c1-8-3-4-10(14)7-11(8)13-6-5-12(16-13)9(2)15/h3-7H,1-2H3. The predicted molar refractivity (Wildman–Crippen MR) is 58.8 cm³/mol. The summed E-state index contributed by atoms with van der Waals surface area (Å²) in [4.78, 5) is 11.1. The van der Waals surface area contributed by atoms with E-state index in [9.17, 15) is 9.18 Å². The van der Waals surface area contributed by atoms with E-state index < -0.39 is 0 Å². The van der Waals surface area contributed by atoms with E-state index in [0.29, 0.717) is 17.1 Å². The molecule has 16 heavy (non-hydrogen) atoms. The first-order valence-electron chi connectivity index (χ1n) is 4.95. The quantitative estimate of drug-likeness (QED) is 0.721. The smallest absolute Gasteiger partial charge is 0.194 e. The lowest BCUT2D eigenvalue weighted by atomic mass is 10.1. The summed E-state index contributed by atoms with van der Waals surface area (Å²) >= 11 is 0. The van der Waals surface area contributed by atoms with Gasteiger partial charge in [-0.1, -0.05) is 6.07 Å². The molecule has 0 N–H and O–H groups in total. The Morgan fingerprint density at radius 3 is 2.62 bits per heavy atom. The van der Waals surface area contributed by atoms with Gasteiger partial charge in [0.1, 0.15) is 11.6 Å². The maximum Gasteiger partial charge on any atom is 0.194 e. The molecule has 0 radical (unpaired) electrons. The predicted octanol–water partition coefficient (Wildman–Crippen LogP) is 3.60. The number of aryl methyl sites for hydroxylation is 1. The average Bonchev–Trinajstić information content (AvgIpc) is 2.70.